The van der Waals surface area contributed by atoms with E-state index >= 15 is 0 Å². The van der Waals surface area contributed by atoms with E-state index in [1.807, 2.05) is 0 Å². The zero-order chi connectivity index (χ0) is 20.7. The van der Waals surface area contributed by atoms with Crippen molar-refractivity contribution in [2.75, 3.05) is 6.54 Å². The predicted octanol–water partition coefficient (Wildman–Crippen LogP) is 2.66. The van der Waals surface area contributed by atoms with Crippen molar-refractivity contribution in [2.24, 2.45) is 0 Å². The van der Waals surface area contributed by atoms with Crippen LogP contribution in [0.1, 0.15) is 42.0 Å². The van der Waals surface area contributed by atoms with Gasteiger partial charge in [-0.1, -0.05) is 0 Å². The molecule has 2 aromatic heterocycles. The van der Waals surface area contributed by atoms with Gasteiger partial charge in [-0.25, -0.2) is 17.8 Å². The van der Waals surface area contributed by atoms with Crippen molar-refractivity contribution in [1.82, 2.24) is 24.3 Å². The van der Waals surface area contributed by atoms with E-state index in [1.54, 1.807) is 0 Å². The second kappa shape index (κ2) is 7.43. The summed E-state index contributed by atoms with van der Waals surface area (Å²) in [7, 11) is -4.06. The monoisotopic (exact) mass is 427 g/mol. The third kappa shape index (κ3) is 4.04. The number of alkyl halides is 5. The molecule has 2 heterocycles. The van der Waals surface area contributed by atoms with Crippen molar-refractivity contribution in [3.8, 4) is 0 Å². The number of halogens is 5. The van der Waals surface area contributed by atoms with Crippen LogP contribution in [0.25, 0.3) is 0 Å². The molecule has 0 aliphatic heterocycles. The van der Waals surface area contributed by atoms with Crippen LogP contribution >= 0.6 is 0 Å². The van der Waals surface area contributed by atoms with Crippen LogP contribution in [0.3, 0.4) is 0 Å². The molecule has 0 amide bonds. The lowest BCUT2D eigenvalue weighted by Gasteiger charge is -2.08. The van der Waals surface area contributed by atoms with Crippen molar-refractivity contribution >= 4 is 10.0 Å². The number of aryl methyl sites for hydroxylation is 2. The van der Waals surface area contributed by atoms with Crippen molar-refractivity contribution in [3.63, 3.8) is 0 Å². The number of rotatable bonds is 7. The number of nitrogens with one attached hydrogen (secondary N) is 1. The predicted molar refractivity (Wildman–Crippen MR) is 87.3 cm³/mol. The lowest BCUT2D eigenvalue weighted by atomic mass is 10.2. The lowest BCUT2D eigenvalue weighted by molar-refractivity contribution is -0.142. The molecule has 0 fully saturated rings. The zero-order valence-corrected chi connectivity index (χ0v) is 15.6. The minimum Gasteiger partial charge on any atom is -0.269 e. The molecule has 3 rings (SSSR count). The van der Waals surface area contributed by atoms with Gasteiger partial charge in [0.15, 0.2) is 5.69 Å². The molecule has 0 saturated heterocycles. The summed E-state index contributed by atoms with van der Waals surface area (Å²) >= 11 is 0. The molecule has 28 heavy (non-hydrogen) atoms. The molecule has 0 aromatic carbocycles. The Labute approximate surface area is 157 Å². The quantitative estimate of drug-likeness (QED) is 0.544. The third-order valence-electron chi connectivity index (χ3n) is 4.48. The first-order valence-corrected chi connectivity index (χ1v) is 9.98. The number of aromatic nitrogens is 4. The van der Waals surface area contributed by atoms with Gasteiger partial charge in [0, 0.05) is 24.3 Å². The molecule has 0 atom stereocenters. The van der Waals surface area contributed by atoms with Gasteiger partial charge in [-0.2, -0.15) is 32.1 Å². The fourth-order valence-electron chi connectivity index (χ4n) is 3.26. The Morgan fingerprint density at radius 1 is 1.25 bits per heavy atom. The molecule has 1 aliphatic carbocycles. The first kappa shape index (κ1) is 20.7. The van der Waals surface area contributed by atoms with E-state index in [4.69, 9.17) is 0 Å². The highest BCUT2D eigenvalue weighted by Crippen LogP contribution is 2.36. The topological polar surface area (TPSA) is 81.8 Å². The third-order valence-corrected chi connectivity index (χ3v) is 6.04. The molecule has 0 radical (unpaired) electrons. The van der Waals surface area contributed by atoms with E-state index in [-0.39, 0.29) is 40.3 Å². The Morgan fingerprint density at radius 2 is 1.96 bits per heavy atom. The second-order valence-corrected chi connectivity index (χ2v) is 8.17. The van der Waals surface area contributed by atoms with Gasteiger partial charge in [-0.15, -0.1) is 0 Å². The van der Waals surface area contributed by atoms with Gasteiger partial charge in [0.05, 0.1) is 11.9 Å². The van der Waals surface area contributed by atoms with Crippen LogP contribution in [0.2, 0.25) is 0 Å². The van der Waals surface area contributed by atoms with E-state index < -0.39 is 28.4 Å². The average Bonchev–Trinajstić information content (AvgIpc) is 3.25. The summed E-state index contributed by atoms with van der Waals surface area (Å²) in [4.78, 5) is -0.368. The molecular weight excluding hydrogens is 409 g/mol. The number of hydrogen-bond donors (Lipinski definition) is 1. The van der Waals surface area contributed by atoms with Crippen molar-refractivity contribution in [1.29, 1.82) is 0 Å². The maximum atomic E-state index is 13.1. The number of fused-ring (bicyclic) bond motifs is 1. The largest absolute Gasteiger partial charge is 0.435 e. The number of sulfonamides is 1. The highest BCUT2D eigenvalue weighted by Gasteiger charge is 2.40. The van der Waals surface area contributed by atoms with Gasteiger partial charge in [0.1, 0.15) is 4.90 Å². The van der Waals surface area contributed by atoms with Crippen LogP contribution in [-0.2, 0) is 35.6 Å². The maximum absolute atomic E-state index is 13.1. The van der Waals surface area contributed by atoms with Crippen LogP contribution in [0.4, 0.5) is 22.0 Å². The van der Waals surface area contributed by atoms with Crippen LogP contribution in [0.15, 0.2) is 11.1 Å². The minimum absolute atomic E-state index is 0.0764. The highest BCUT2D eigenvalue weighted by molar-refractivity contribution is 7.89. The molecule has 2 aromatic rings. The van der Waals surface area contributed by atoms with Crippen molar-refractivity contribution in [3.05, 3.63) is 28.8 Å². The first-order valence-electron chi connectivity index (χ1n) is 8.50. The summed E-state index contributed by atoms with van der Waals surface area (Å²) in [6, 6.07) is 0. The van der Waals surface area contributed by atoms with Crippen LogP contribution in [-0.4, -0.2) is 34.5 Å². The summed E-state index contributed by atoms with van der Waals surface area (Å²) < 4.78 is 92.7. The van der Waals surface area contributed by atoms with Gasteiger partial charge in [0.25, 0.3) is 0 Å². The van der Waals surface area contributed by atoms with E-state index in [0.717, 1.165) is 6.20 Å². The van der Waals surface area contributed by atoms with Gasteiger partial charge >= 0.3 is 12.7 Å². The number of hydrogen-bond acceptors (Lipinski definition) is 4. The molecule has 7 nitrogen and oxygen atoms in total. The van der Waals surface area contributed by atoms with Gasteiger partial charge in [-0.05, 0) is 32.6 Å². The molecule has 0 spiro atoms. The standard InChI is InChI=1S/C15H18F5N5O2S/c1-9-12(8-25(22-9)14(16)17)28(26,27)21-6-3-7-24-11-5-2-4-10(11)13(23-24)15(18,19)20/h8,14,21H,2-7H2,1H3. The summed E-state index contributed by atoms with van der Waals surface area (Å²) in [5, 5.41) is 7.09. The molecule has 13 heteroatoms. The van der Waals surface area contributed by atoms with Gasteiger partial charge in [0.2, 0.25) is 10.0 Å². The Kier molecular flexibility index (Phi) is 5.49. The smallest absolute Gasteiger partial charge is 0.269 e. The molecule has 1 N–H and O–H groups in total. The molecule has 0 unspecified atom stereocenters. The highest BCUT2D eigenvalue weighted by atomic mass is 32.2. The zero-order valence-electron chi connectivity index (χ0n) is 14.8. The molecule has 156 valence electrons. The molecule has 0 saturated carbocycles. The first-order chi connectivity index (χ1) is 13.0. The second-order valence-electron chi connectivity index (χ2n) is 6.44. The summed E-state index contributed by atoms with van der Waals surface area (Å²) in [5.41, 5.74) is -0.213. The maximum Gasteiger partial charge on any atom is 0.435 e. The minimum atomic E-state index is -4.52. The molecule has 1 aliphatic rings. The fraction of sp³-hybridized carbons (Fsp3) is 0.600. The fourth-order valence-corrected chi connectivity index (χ4v) is 4.51. The molecule has 0 bridgehead atoms. The average molecular weight is 427 g/mol. The SMILES string of the molecule is Cc1nn(C(F)F)cc1S(=O)(=O)NCCCn1nc(C(F)(F)F)c2c1CCC2. The van der Waals surface area contributed by atoms with Gasteiger partial charge < -0.3 is 0 Å². The Bertz CT molecular complexity index is 964. The van der Waals surface area contributed by atoms with Crippen LogP contribution in [0, 0.1) is 6.92 Å². The van der Waals surface area contributed by atoms with Gasteiger partial charge in [-0.3, -0.25) is 4.68 Å². The number of nitrogens with zero attached hydrogens (tertiary/aromatic N) is 4. The van der Waals surface area contributed by atoms with E-state index in [0.29, 0.717) is 25.0 Å². The Hall–Kier alpha value is -2.02. The van der Waals surface area contributed by atoms with Crippen LogP contribution in [0.5, 0.6) is 0 Å². The van der Waals surface area contributed by atoms with Crippen molar-refractivity contribution < 1.29 is 30.4 Å². The summed E-state index contributed by atoms with van der Waals surface area (Å²) in [5.74, 6) is 0. The van der Waals surface area contributed by atoms with E-state index in [1.165, 1.54) is 11.6 Å². The van der Waals surface area contributed by atoms with E-state index in [9.17, 15) is 30.4 Å². The summed E-state index contributed by atoms with van der Waals surface area (Å²) in [6.45, 7) is -1.65. The Balaban J connectivity index is 1.64. The summed E-state index contributed by atoms with van der Waals surface area (Å²) in [6.07, 6.45) is -2.16. The van der Waals surface area contributed by atoms with Crippen LogP contribution < -0.4 is 4.72 Å². The lowest BCUT2D eigenvalue weighted by Crippen LogP contribution is -2.26. The van der Waals surface area contributed by atoms with E-state index in [2.05, 4.69) is 14.9 Å². The molecular formula is C15H18F5N5O2S. The van der Waals surface area contributed by atoms with Crippen molar-refractivity contribution in [2.45, 2.75) is 56.8 Å². The Morgan fingerprint density at radius 3 is 2.57 bits per heavy atom. The normalized spacial score (nSPS) is 14.8.